The summed E-state index contributed by atoms with van der Waals surface area (Å²) in [5, 5.41) is 2.73. The Labute approximate surface area is 221 Å². The van der Waals surface area contributed by atoms with Crippen LogP contribution in [-0.2, 0) is 4.74 Å². The van der Waals surface area contributed by atoms with E-state index < -0.39 is 0 Å². The number of fused-ring (bicyclic) bond motifs is 12. The van der Waals surface area contributed by atoms with Crippen molar-refractivity contribution in [3.8, 4) is 0 Å². The predicted octanol–water partition coefficient (Wildman–Crippen LogP) is 8.38. The molecule has 37 heavy (non-hydrogen) atoms. The first-order chi connectivity index (χ1) is 18.4. The molecule has 3 heterocycles. The highest BCUT2D eigenvalue weighted by Crippen LogP contribution is 2.58. The lowest BCUT2D eigenvalue weighted by Gasteiger charge is -2.43. The molecule has 2 nitrogen and oxygen atoms in total. The van der Waals surface area contributed by atoms with Crippen molar-refractivity contribution in [1.82, 2.24) is 0 Å². The summed E-state index contributed by atoms with van der Waals surface area (Å²) < 4.78 is 9.57. The van der Waals surface area contributed by atoms with Crippen LogP contribution in [0.3, 0.4) is 0 Å². The lowest BCUT2D eigenvalue weighted by Crippen LogP contribution is -2.43. The van der Waals surface area contributed by atoms with Gasteiger partial charge in [0.2, 0.25) is 0 Å². The molecule has 0 radical (unpaired) electrons. The van der Waals surface area contributed by atoms with Crippen LogP contribution in [0.15, 0.2) is 103 Å². The van der Waals surface area contributed by atoms with Crippen molar-refractivity contribution in [2.75, 3.05) is 4.90 Å². The molecule has 3 aromatic carbocycles. The van der Waals surface area contributed by atoms with Gasteiger partial charge in [-0.15, -0.1) is 11.3 Å². The molecule has 0 N–H and O–H groups in total. The molecule has 0 amide bonds. The van der Waals surface area contributed by atoms with E-state index in [-0.39, 0.29) is 0 Å². The second kappa shape index (κ2) is 7.69. The highest BCUT2D eigenvalue weighted by atomic mass is 32.1. The summed E-state index contributed by atoms with van der Waals surface area (Å²) in [4.78, 5) is 2.64. The molecule has 3 heteroatoms. The van der Waals surface area contributed by atoms with E-state index in [2.05, 4.69) is 108 Å². The van der Waals surface area contributed by atoms with Gasteiger partial charge in [-0.25, -0.2) is 0 Å². The summed E-state index contributed by atoms with van der Waals surface area (Å²) in [5.41, 5.74) is 4.20. The van der Waals surface area contributed by atoms with Crippen molar-refractivity contribution in [1.29, 1.82) is 0 Å². The van der Waals surface area contributed by atoms with Crippen molar-refractivity contribution in [3.63, 3.8) is 0 Å². The van der Waals surface area contributed by atoms with Crippen LogP contribution in [-0.4, -0.2) is 18.2 Å². The first-order valence-corrected chi connectivity index (χ1v) is 14.6. The molecule has 182 valence electrons. The molecular weight excluding hydrogens is 470 g/mol. The average molecular weight is 500 g/mol. The van der Waals surface area contributed by atoms with Gasteiger partial charge in [0.1, 0.15) is 0 Å². The molecule has 0 saturated carbocycles. The molecule has 0 spiro atoms. The Bertz CT molecular complexity index is 1640. The van der Waals surface area contributed by atoms with E-state index in [1.165, 1.54) is 43.5 Å². The number of rotatable bonds is 1. The molecule has 8 unspecified atom stereocenters. The van der Waals surface area contributed by atoms with E-state index in [4.69, 9.17) is 4.74 Å². The average Bonchev–Trinajstić information content (AvgIpc) is 3.62. The van der Waals surface area contributed by atoms with Crippen LogP contribution in [0.25, 0.3) is 20.2 Å². The maximum absolute atomic E-state index is 6.81. The minimum absolute atomic E-state index is 0.314. The van der Waals surface area contributed by atoms with Crippen LogP contribution in [0, 0.1) is 23.7 Å². The smallest absolute Gasteiger partial charge is 0.0713 e. The largest absolute Gasteiger partial charge is 0.373 e. The Morgan fingerprint density at radius 2 is 1.49 bits per heavy atom. The fourth-order valence-corrected chi connectivity index (χ4v) is 9.51. The van der Waals surface area contributed by atoms with Gasteiger partial charge in [0.25, 0.3) is 0 Å². The summed E-state index contributed by atoms with van der Waals surface area (Å²) in [6.45, 7) is 0. The standard InChI is InChI=1S/C34H29NOS/c1-4-12-27-26(10-1)32-22-16-17-23-20-8-2-5-14-30(20)36-33(23)24(22)18-19-28(32)35(27)29-13-7-11-25-21-9-3-6-15-31(21)37-34(25)29/h1-7,9-13,15-20,22-24,28,30,32-33H,8,14H2. The third-order valence-corrected chi connectivity index (χ3v) is 11.0. The number of hydrogen-bond donors (Lipinski definition) is 0. The molecule has 1 saturated heterocycles. The fourth-order valence-electron chi connectivity index (χ4n) is 8.30. The minimum Gasteiger partial charge on any atom is -0.373 e. The number of anilines is 2. The van der Waals surface area contributed by atoms with Gasteiger partial charge < -0.3 is 9.64 Å². The van der Waals surface area contributed by atoms with E-state index in [0.29, 0.717) is 47.8 Å². The highest BCUT2D eigenvalue weighted by molar-refractivity contribution is 7.26. The van der Waals surface area contributed by atoms with Gasteiger partial charge in [-0.2, -0.15) is 0 Å². The predicted molar refractivity (Wildman–Crippen MR) is 154 cm³/mol. The van der Waals surface area contributed by atoms with Crippen LogP contribution in [0.2, 0.25) is 0 Å². The number of nitrogens with zero attached hydrogens (tertiary/aromatic N) is 1. The van der Waals surface area contributed by atoms with Gasteiger partial charge in [-0.3, -0.25) is 0 Å². The maximum atomic E-state index is 6.81. The molecular formula is C34H29NOS. The third kappa shape index (κ3) is 2.79. The summed E-state index contributed by atoms with van der Waals surface area (Å²) in [5.74, 6) is 2.57. The first-order valence-electron chi connectivity index (χ1n) is 13.8. The zero-order valence-electron chi connectivity index (χ0n) is 20.6. The van der Waals surface area contributed by atoms with Crippen molar-refractivity contribution in [2.45, 2.75) is 37.0 Å². The molecule has 8 atom stereocenters. The van der Waals surface area contributed by atoms with Crippen LogP contribution in [0.1, 0.15) is 24.3 Å². The van der Waals surface area contributed by atoms with Crippen LogP contribution >= 0.6 is 11.3 Å². The second-order valence-electron chi connectivity index (χ2n) is 11.4. The quantitative estimate of drug-likeness (QED) is 0.244. The van der Waals surface area contributed by atoms with Gasteiger partial charge in [0.15, 0.2) is 0 Å². The topological polar surface area (TPSA) is 12.5 Å². The van der Waals surface area contributed by atoms with E-state index in [9.17, 15) is 0 Å². The van der Waals surface area contributed by atoms with E-state index in [1.807, 2.05) is 11.3 Å². The Kier molecular flexibility index (Phi) is 4.34. The van der Waals surface area contributed by atoms with E-state index >= 15 is 0 Å². The van der Waals surface area contributed by atoms with Gasteiger partial charge in [0, 0.05) is 38.9 Å². The van der Waals surface area contributed by atoms with Crippen molar-refractivity contribution in [3.05, 3.63) is 109 Å². The molecule has 1 fully saturated rings. The number of thiophene rings is 1. The molecule has 5 aliphatic rings. The molecule has 9 rings (SSSR count). The summed E-state index contributed by atoms with van der Waals surface area (Å²) in [6, 6.07) is 25.2. The summed E-state index contributed by atoms with van der Waals surface area (Å²) in [7, 11) is 0. The zero-order valence-corrected chi connectivity index (χ0v) is 21.4. The Morgan fingerprint density at radius 1 is 0.703 bits per heavy atom. The van der Waals surface area contributed by atoms with E-state index in [0.717, 1.165) is 6.42 Å². The number of para-hydroxylation sites is 1. The molecule has 2 aliphatic heterocycles. The number of benzene rings is 3. The monoisotopic (exact) mass is 499 g/mol. The molecule has 3 aliphatic carbocycles. The molecule has 1 aromatic heterocycles. The lowest BCUT2D eigenvalue weighted by atomic mass is 9.63. The van der Waals surface area contributed by atoms with Crippen LogP contribution in [0.4, 0.5) is 11.4 Å². The SMILES string of the molecule is C1=CCC2C(C1)OC1C3C=CC4C(c5ccccc5N4c4cccc5c4sc4ccccc45)C3C=CC21. The third-order valence-electron chi connectivity index (χ3n) is 9.82. The van der Waals surface area contributed by atoms with Gasteiger partial charge >= 0.3 is 0 Å². The fraction of sp³-hybridized carbons (Fsp3) is 0.294. The summed E-state index contributed by atoms with van der Waals surface area (Å²) in [6.07, 6.45) is 17.8. The molecule has 0 bridgehead atoms. The van der Waals surface area contributed by atoms with Gasteiger partial charge in [-0.1, -0.05) is 85.0 Å². The van der Waals surface area contributed by atoms with E-state index in [1.54, 1.807) is 0 Å². The number of allylic oxidation sites excluding steroid dienone is 2. The molecule has 4 aromatic rings. The second-order valence-corrected chi connectivity index (χ2v) is 12.5. The Balaban J connectivity index is 1.18. The lowest BCUT2D eigenvalue weighted by molar-refractivity contribution is -0.00629. The van der Waals surface area contributed by atoms with Gasteiger partial charge in [-0.05, 0) is 48.4 Å². The summed E-state index contributed by atoms with van der Waals surface area (Å²) >= 11 is 1.93. The van der Waals surface area contributed by atoms with Crippen LogP contribution in [0.5, 0.6) is 0 Å². The Morgan fingerprint density at radius 3 is 2.49 bits per heavy atom. The Hall–Kier alpha value is -3.14. The minimum atomic E-state index is 0.314. The van der Waals surface area contributed by atoms with Crippen molar-refractivity contribution in [2.24, 2.45) is 23.7 Å². The normalized spacial score (nSPS) is 34.9. The highest BCUT2D eigenvalue weighted by Gasteiger charge is 2.54. The van der Waals surface area contributed by atoms with Crippen molar-refractivity contribution < 1.29 is 4.74 Å². The zero-order chi connectivity index (χ0) is 24.1. The number of hydrogen-bond acceptors (Lipinski definition) is 3. The van der Waals surface area contributed by atoms with Crippen molar-refractivity contribution >= 4 is 42.9 Å². The first kappa shape index (κ1) is 20.9. The number of ether oxygens (including phenoxy) is 1. The van der Waals surface area contributed by atoms with Crippen LogP contribution < -0.4 is 4.90 Å². The maximum Gasteiger partial charge on any atom is 0.0713 e. The van der Waals surface area contributed by atoms with Gasteiger partial charge in [0.05, 0.1) is 28.6 Å².